The summed E-state index contributed by atoms with van der Waals surface area (Å²) in [5.41, 5.74) is 1.61. The van der Waals surface area contributed by atoms with Crippen molar-refractivity contribution in [2.45, 2.75) is 13.8 Å². The Balaban J connectivity index is 3.97. The number of nitrogens with one attached hydrogen (secondary N) is 1. The van der Waals surface area contributed by atoms with Gasteiger partial charge in [-0.3, -0.25) is 10.2 Å². The Labute approximate surface area is 60.4 Å². The van der Waals surface area contributed by atoms with Gasteiger partial charge in [-0.2, -0.15) is 12.6 Å². The van der Waals surface area contributed by atoms with Crippen molar-refractivity contribution in [2.24, 2.45) is 11.3 Å². The SMILES string of the molecule is CC(C)(CS)C(=O)NN. The van der Waals surface area contributed by atoms with Gasteiger partial charge in [0.25, 0.3) is 0 Å². The van der Waals surface area contributed by atoms with E-state index in [4.69, 9.17) is 5.84 Å². The quantitative estimate of drug-likeness (QED) is 0.222. The molecule has 0 bridgehead atoms. The molecule has 0 aliphatic rings. The molecule has 3 nitrogen and oxygen atoms in total. The first-order chi connectivity index (χ1) is 4.04. The summed E-state index contributed by atoms with van der Waals surface area (Å²) in [5, 5.41) is 0. The minimum atomic E-state index is -0.460. The van der Waals surface area contributed by atoms with E-state index >= 15 is 0 Å². The zero-order chi connectivity index (χ0) is 7.49. The fourth-order valence-corrected chi connectivity index (χ4v) is 0.411. The normalized spacial score (nSPS) is 11.1. The van der Waals surface area contributed by atoms with Gasteiger partial charge in [-0.05, 0) is 0 Å². The zero-order valence-electron chi connectivity index (χ0n) is 5.64. The summed E-state index contributed by atoms with van der Waals surface area (Å²) in [4.78, 5) is 10.8. The summed E-state index contributed by atoms with van der Waals surface area (Å²) in [5.74, 6) is 5.21. The maximum absolute atomic E-state index is 10.8. The fraction of sp³-hybridized carbons (Fsp3) is 0.800. The van der Waals surface area contributed by atoms with Crippen LogP contribution in [0.15, 0.2) is 0 Å². The summed E-state index contributed by atoms with van der Waals surface area (Å²) in [6.45, 7) is 3.56. The predicted octanol–water partition coefficient (Wildman–Crippen LogP) is -0.0677. The van der Waals surface area contributed by atoms with E-state index in [1.807, 2.05) is 0 Å². The van der Waals surface area contributed by atoms with Crippen molar-refractivity contribution in [1.82, 2.24) is 5.43 Å². The van der Waals surface area contributed by atoms with Gasteiger partial charge in [0.2, 0.25) is 5.91 Å². The highest BCUT2D eigenvalue weighted by Gasteiger charge is 2.24. The molecule has 0 fully saturated rings. The lowest BCUT2D eigenvalue weighted by Crippen LogP contribution is -2.41. The lowest BCUT2D eigenvalue weighted by molar-refractivity contribution is -0.128. The molecule has 0 unspecified atom stereocenters. The Kier molecular flexibility index (Phi) is 3.00. The van der Waals surface area contributed by atoms with Crippen molar-refractivity contribution in [1.29, 1.82) is 0 Å². The molecule has 0 aliphatic carbocycles. The monoisotopic (exact) mass is 148 g/mol. The number of amides is 1. The van der Waals surface area contributed by atoms with E-state index in [9.17, 15) is 4.79 Å². The van der Waals surface area contributed by atoms with E-state index in [2.05, 4.69) is 18.1 Å². The summed E-state index contributed by atoms with van der Waals surface area (Å²) in [6.07, 6.45) is 0. The second-order valence-electron chi connectivity index (χ2n) is 2.52. The van der Waals surface area contributed by atoms with Gasteiger partial charge < -0.3 is 0 Å². The number of nitrogens with two attached hydrogens (primary N) is 1. The van der Waals surface area contributed by atoms with E-state index in [1.165, 1.54) is 0 Å². The van der Waals surface area contributed by atoms with Crippen LogP contribution in [0.4, 0.5) is 0 Å². The largest absolute Gasteiger partial charge is 0.294 e. The number of carbonyl (C=O) groups is 1. The van der Waals surface area contributed by atoms with Crippen molar-refractivity contribution in [3.63, 3.8) is 0 Å². The molecule has 0 aromatic heterocycles. The van der Waals surface area contributed by atoms with Gasteiger partial charge in [-0.1, -0.05) is 13.8 Å². The molecule has 9 heavy (non-hydrogen) atoms. The maximum atomic E-state index is 10.8. The molecule has 0 spiro atoms. The number of thiol groups is 1. The molecule has 0 radical (unpaired) electrons. The van der Waals surface area contributed by atoms with E-state index in [0.717, 1.165) is 0 Å². The standard InChI is InChI=1S/C5H12N2OS/c1-5(2,3-9)4(8)7-6/h9H,3,6H2,1-2H3,(H,7,8). The number of hydrogen-bond acceptors (Lipinski definition) is 3. The molecule has 0 rings (SSSR count). The highest BCUT2D eigenvalue weighted by molar-refractivity contribution is 7.80. The van der Waals surface area contributed by atoms with Crippen LogP contribution in [-0.2, 0) is 4.79 Å². The van der Waals surface area contributed by atoms with Gasteiger partial charge in [-0.25, -0.2) is 5.84 Å². The van der Waals surface area contributed by atoms with E-state index in [0.29, 0.717) is 5.75 Å². The molecule has 0 aromatic rings. The Morgan fingerprint density at radius 1 is 1.78 bits per heavy atom. The number of carbonyl (C=O) groups excluding carboxylic acids is 1. The second-order valence-corrected chi connectivity index (χ2v) is 2.83. The fourth-order valence-electron chi connectivity index (χ4n) is 0.267. The first-order valence-corrected chi connectivity index (χ1v) is 3.30. The van der Waals surface area contributed by atoms with E-state index < -0.39 is 5.41 Å². The van der Waals surface area contributed by atoms with Crippen LogP contribution >= 0.6 is 12.6 Å². The van der Waals surface area contributed by atoms with Gasteiger partial charge >= 0.3 is 0 Å². The Hall–Kier alpha value is -0.220. The molecule has 0 saturated heterocycles. The highest BCUT2D eigenvalue weighted by atomic mass is 32.1. The minimum Gasteiger partial charge on any atom is -0.294 e. The van der Waals surface area contributed by atoms with Crippen LogP contribution in [0, 0.1) is 5.41 Å². The van der Waals surface area contributed by atoms with Crippen molar-refractivity contribution in [3.05, 3.63) is 0 Å². The first-order valence-electron chi connectivity index (χ1n) is 2.66. The van der Waals surface area contributed by atoms with Gasteiger partial charge in [0.1, 0.15) is 0 Å². The van der Waals surface area contributed by atoms with Gasteiger partial charge in [0.05, 0.1) is 5.41 Å². The average Bonchev–Trinajstić information content (AvgIpc) is 1.86. The molecule has 54 valence electrons. The van der Waals surface area contributed by atoms with Gasteiger partial charge in [-0.15, -0.1) is 0 Å². The average molecular weight is 148 g/mol. The third-order valence-corrected chi connectivity index (χ3v) is 1.93. The summed E-state index contributed by atoms with van der Waals surface area (Å²) >= 11 is 3.98. The molecule has 0 atom stereocenters. The maximum Gasteiger partial charge on any atom is 0.240 e. The van der Waals surface area contributed by atoms with Gasteiger partial charge in [0.15, 0.2) is 0 Å². The van der Waals surface area contributed by atoms with Crippen LogP contribution in [0.3, 0.4) is 0 Å². The Bertz CT molecular complexity index is 114. The molecule has 0 aromatic carbocycles. The summed E-state index contributed by atoms with van der Waals surface area (Å²) in [7, 11) is 0. The van der Waals surface area contributed by atoms with Crippen LogP contribution < -0.4 is 11.3 Å². The molecule has 3 N–H and O–H groups in total. The smallest absolute Gasteiger partial charge is 0.240 e. The topological polar surface area (TPSA) is 55.1 Å². The predicted molar refractivity (Wildman–Crippen MR) is 40.0 cm³/mol. The minimum absolute atomic E-state index is 0.183. The van der Waals surface area contributed by atoms with E-state index in [-0.39, 0.29) is 5.91 Å². The molecule has 0 heterocycles. The lowest BCUT2D eigenvalue weighted by atomic mass is 9.96. The number of hydrazine groups is 1. The summed E-state index contributed by atoms with van der Waals surface area (Å²) < 4.78 is 0. The third kappa shape index (κ3) is 2.24. The van der Waals surface area contributed by atoms with Crippen molar-refractivity contribution >= 4 is 18.5 Å². The first kappa shape index (κ1) is 8.78. The van der Waals surface area contributed by atoms with Crippen LogP contribution in [0.2, 0.25) is 0 Å². The zero-order valence-corrected chi connectivity index (χ0v) is 6.53. The number of hydrogen-bond donors (Lipinski definition) is 3. The van der Waals surface area contributed by atoms with Crippen molar-refractivity contribution in [3.8, 4) is 0 Å². The Morgan fingerprint density at radius 2 is 2.22 bits per heavy atom. The highest BCUT2D eigenvalue weighted by Crippen LogP contribution is 2.15. The second kappa shape index (κ2) is 3.08. The molecular formula is C5H12N2OS. The van der Waals surface area contributed by atoms with E-state index in [1.54, 1.807) is 13.8 Å². The number of rotatable bonds is 2. The molecular weight excluding hydrogens is 136 g/mol. The summed E-state index contributed by atoms with van der Waals surface area (Å²) in [6, 6.07) is 0. The Morgan fingerprint density at radius 3 is 2.33 bits per heavy atom. The van der Waals surface area contributed by atoms with Crippen LogP contribution in [0.5, 0.6) is 0 Å². The lowest BCUT2D eigenvalue weighted by Gasteiger charge is -2.18. The molecule has 1 amide bonds. The molecule has 4 heteroatoms. The van der Waals surface area contributed by atoms with Crippen molar-refractivity contribution in [2.75, 3.05) is 5.75 Å². The van der Waals surface area contributed by atoms with Crippen LogP contribution in [0.1, 0.15) is 13.8 Å². The van der Waals surface area contributed by atoms with Crippen LogP contribution in [-0.4, -0.2) is 11.7 Å². The van der Waals surface area contributed by atoms with Crippen LogP contribution in [0.25, 0.3) is 0 Å². The molecule has 0 saturated carbocycles. The van der Waals surface area contributed by atoms with Gasteiger partial charge in [0, 0.05) is 5.75 Å². The third-order valence-electron chi connectivity index (χ3n) is 1.14. The van der Waals surface area contributed by atoms with Crippen molar-refractivity contribution < 1.29 is 4.79 Å². The molecule has 0 aliphatic heterocycles.